The smallest absolute Gasteiger partial charge is 0.302 e. The number of rotatable bonds is 2. The molecule has 13 heavy (non-hydrogen) atoms. The minimum Gasteiger partial charge on any atom is -0.465 e. The Bertz CT molecular complexity index is 188. The van der Waals surface area contributed by atoms with E-state index in [4.69, 9.17) is 14.2 Å². The molecule has 0 aliphatic carbocycles. The summed E-state index contributed by atoms with van der Waals surface area (Å²) in [6, 6.07) is 0. The molecule has 1 aliphatic rings. The molecule has 0 saturated carbocycles. The number of carbonyl (C=O) groups excluding carboxylic acids is 1. The first-order valence-corrected chi connectivity index (χ1v) is 4.37. The largest absolute Gasteiger partial charge is 0.465 e. The van der Waals surface area contributed by atoms with Crippen LogP contribution in [0.1, 0.15) is 20.8 Å². The minimum absolute atomic E-state index is 0.116. The first-order valence-electron chi connectivity index (χ1n) is 4.37. The van der Waals surface area contributed by atoms with E-state index in [2.05, 4.69) is 0 Å². The summed E-state index contributed by atoms with van der Waals surface area (Å²) in [5.41, 5.74) is -0.270. The Morgan fingerprint density at radius 3 is 2.85 bits per heavy atom. The molecule has 0 bridgehead atoms. The topological polar surface area (TPSA) is 44.8 Å². The predicted octanol–water partition coefficient (Wildman–Crippen LogP) is 0.949. The number of carbonyl (C=O) groups is 1. The van der Waals surface area contributed by atoms with Crippen molar-refractivity contribution in [2.75, 3.05) is 20.0 Å². The van der Waals surface area contributed by atoms with Crippen molar-refractivity contribution in [3.63, 3.8) is 0 Å². The summed E-state index contributed by atoms with van der Waals surface area (Å²) in [5.74, 6) is -0.147. The average Bonchev–Trinajstić information content (AvgIpc) is 2.01. The van der Waals surface area contributed by atoms with Crippen LogP contribution in [0.25, 0.3) is 0 Å². The van der Waals surface area contributed by atoms with Crippen LogP contribution in [0.5, 0.6) is 0 Å². The van der Waals surface area contributed by atoms with Gasteiger partial charge in [-0.05, 0) is 13.8 Å². The van der Waals surface area contributed by atoms with Crippen LogP contribution in [-0.4, -0.2) is 31.6 Å². The van der Waals surface area contributed by atoms with Crippen molar-refractivity contribution < 1.29 is 19.0 Å². The van der Waals surface area contributed by atoms with Gasteiger partial charge in [-0.3, -0.25) is 4.79 Å². The fourth-order valence-electron chi connectivity index (χ4n) is 1.17. The van der Waals surface area contributed by atoms with Crippen molar-refractivity contribution in [2.45, 2.75) is 26.4 Å². The van der Waals surface area contributed by atoms with Gasteiger partial charge in [0.05, 0.1) is 18.8 Å². The molecule has 0 unspecified atom stereocenters. The molecule has 0 aromatic carbocycles. The SMILES string of the molecule is CC(=O)OC[C@@H]1COCOC1(C)C. The molecule has 1 aliphatic heterocycles. The molecule has 76 valence electrons. The maximum absolute atomic E-state index is 10.6. The van der Waals surface area contributed by atoms with Gasteiger partial charge >= 0.3 is 5.97 Å². The zero-order chi connectivity index (χ0) is 9.90. The van der Waals surface area contributed by atoms with E-state index in [9.17, 15) is 4.79 Å². The van der Waals surface area contributed by atoms with Crippen LogP contribution in [0, 0.1) is 5.92 Å². The third-order valence-corrected chi connectivity index (χ3v) is 2.30. The predicted molar refractivity (Wildman–Crippen MR) is 46.1 cm³/mol. The van der Waals surface area contributed by atoms with E-state index < -0.39 is 0 Å². The van der Waals surface area contributed by atoms with E-state index in [0.717, 1.165) is 0 Å². The number of ether oxygens (including phenoxy) is 3. The monoisotopic (exact) mass is 188 g/mol. The van der Waals surface area contributed by atoms with Crippen molar-refractivity contribution in [3.8, 4) is 0 Å². The number of hydrogen-bond donors (Lipinski definition) is 0. The Hall–Kier alpha value is -0.610. The van der Waals surface area contributed by atoms with Crippen molar-refractivity contribution >= 4 is 5.97 Å². The third kappa shape index (κ3) is 2.97. The van der Waals surface area contributed by atoms with Gasteiger partial charge in [0.1, 0.15) is 6.79 Å². The van der Waals surface area contributed by atoms with E-state index in [-0.39, 0.29) is 17.5 Å². The summed E-state index contributed by atoms with van der Waals surface area (Å²) in [7, 11) is 0. The van der Waals surface area contributed by atoms with Crippen LogP contribution in [0.3, 0.4) is 0 Å². The van der Waals surface area contributed by atoms with Crippen LogP contribution < -0.4 is 0 Å². The van der Waals surface area contributed by atoms with E-state index in [1.807, 2.05) is 13.8 Å². The molecule has 4 nitrogen and oxygen atoms in total. The highest BCUT2D eigenvalue weighted by Crippen LogP contribution is 2.25. The standard InChI is InChI=1S/C9H16O4/c1-7(10)12-5-8-4-11-6-13-9(8,2)3/h8H,4-6H2,1-3H3/t8-/m0/s1. The zero-order valence-corrected chi connectivity index (χ0v) is 8.33. The molecule has 1 heterocycles. The van der Waals surface area contributed by atoms with Gasteiger partial charge < -0.3 is 14.2 Å². The molecule has 1 fully saturated rings. The van der Waals surface area contributed by atoms with Gasteiger partial charge in [0.15, 0.2) is 0 Å². The highest BCUT2D eigenvalue weighted by Gasteiger charge is 2.34. The fraction of sp³-hybridized carbons (Fsp3) is 0.889. The lowest BCUT2D eigenvalue weighted by Crippen LogP contribution is -2.45. The van der Waals surface area contributed by atoms with Crippen molar-refractivity contribution in [1.29, 1.82) is 0 Å². The summed E-state index contributed by atoms with van der Waals surface area (Å²) in [6.07, 6.45) is 0. The van der Waals surface area contributed by atoms with E-state index in [1.54, 1.807) is 0 Å². The van der Waals surface area contributed by atoms with E-state index in [1.165, 1.54) is 6.92 Å². The lowest BCUT2D eigenvalue weighted by Gasteiger charge is -2.37. The van der Waals surface area contributed by atoms with Gasteiger partial charge in [-0.1, -0.05) is 0 Å². The van der Waals surface area contributed by atoms with Crippen molar-refractivity contribution in [2.24, 2.45) is 5.92 Å². The molecule has 0 spiro atoms. The van der Waals surface area contributed by atoms with Crippen molar-refractivity contribution in [3.05, 3.63) is 0 Å². The van der Waals surface area contributed by atoms with Gasteiger partial charge in [-0.2, -0.15) is 0 Å². The Kier molecular flexibility index (Phi) is 3.27. The molecule has 4 heteroatoms. The summed E-state index contributed by atoms with van der Waals surface area (Å²) >= 11 is 0. The molecule has 0 radical (unpaired) electrons. The maximum atomic E-state index is 10.6. The molecule has 0 aromatic heterocycles. The molecule has 1 rings (SSSR count). The third-order valence-electron chi connectivity index (χ3n) is 2.30. The molecule has 0 N–H and O–H groups in total. The minimum atomic E-state index is -0.270. The summed E-state index contributed by atoms with van der Waals surface area (Å²) in [5, 5.41) is 0. The van der Waals surface area contributed by atoms with Crippen LogP contribution in [0.15, 0.2) is 0 Å². The van der Waals surface area contributed by atoms with Gasteiger partial charge in [0, 0.05) is 12.8 Å². The number of esters is 1. The van der Waals surface area contributed by atoms with Crippen LogP contribution in [0.2, 0.25) is 0 Å². The Morgan fingerprint density at radius 1 is 1.62 bits per heavy atom. The first kappa shape index (κ1) is 10.5. The van der Waals surface area contributed by atoms with E-state index >= 15 is 0 Å². The second-order valence-electron chi connectivity index (χ2n) is 3.74. The lowest BCUT2D eigenvalue weighted by molar-refractivity contribution is -0.220. The van der Waals surface area contributed by atoms with Crippen LogP contribution in [0.4, 0.5) is 0 Å². The number of hydrogen-bond acceptors (Lipinski definition) is 4. The average molecular weight is 188 g/mol. The first-order chi connectivity index (χ1) is 6.02. The molecule has 0 amide bonds. The highest BCUT2D eigenvalue weighted by atomic mass is 16.7. The van der Waals surface area contributed by atoms with Gasteiger partial charge in [0.2, 0.25) is 0 Å². The fourth-order valence-corrected chi connectivity index (χ4v) is 1.17. The Balaban J connectivity index is 2.41. The summed E-state index contributed by atoms with van der Waals surface area (Å²) < 4.78 is 15.5. The zero-order valence-electron chi connectivity index (χ0n) is 8.33. The normalized spacial score (nSPS) is 26.8. The van der Waals surface area contributed by atoms with Gasteiger partial charge in [0.25, 0.3) is 0 Å². The van der Waals surface area contributed by atoms with Crippen molar-refractivity contribution in [1.82, 2.24) is 0 Å². The highest BCUT2D eigenvalue weighted by molar-refractivity contribution is 5.65. The Morgan fingerprint density at radius 2 is 2.31 bits per heavy atom. The molecule has 1 saturated heterocycles. The van der Waals surface area contributed by atoms with Gasteiger partial charge in [-0.15, -0.1) is 0 Å². The second kappa shape index (κ2) is 4.07. The van der Waals surface area contributed by atoms with Crippen LogP contribution in [-0.2, 0) is 19.0 Å². The Labute approximate surface area is 78.2 Å². The quantitative estimate of drug-likeness (QED) is 0.605. The summed E-state index contributed by atoms with van der Waals surface area (Å²) in [4.78, 5) is 10.6. The summed E-state index contributed by atoms with van der Waals surface area (Å²) in [6.45, 7) is 6.62. The van der Waals surface area contributed by atoms with E-state index in [0.29, 0.717) is 20.0 Å². The molecule has 0 aromatic rings. The van der Waals surface area contributed by atoms with Gasteiger partial charge in [-0.25, -0.2) is 0 Å². The molecular formula is C9H16O4. The molecule has 1 atom stereocenters. The molecular weight excluding hydrogens is 172 g/mol. The van der Waals surface area contributed by atoms with Crippen LogP contribution >= 0.6 is 0 Å². The maximum Gasteiger partial charge on any atom is 0.302 e. The second-order valence-corrected chi connectivity index (χ2v) is 3.74. The lowest BCUT2D eigenvalue weighted by atomic mass is 9.91.